The topological polar surface area (TPSA) is 109 Å². The smallest absolute Gasteiger partial charge is 0.274 e. The van der Waals surface area contributed by atoms with E-state index < -0.39 is 6.17 Å². The number of halogens is 1. The van der Waals surface area contributed by atoms with Gasteiger partial charge < -0.3 is 15.3 Å². The van der Waals surface area contributed by atoms with Crippen LogP contribution in [0.3, 0.4) is 0 Å². The summed E-state index contributed by atoms with van der Waals surface area (Å²) < 4.78 is 16.2. The molecule has 2 bridgehead atoms. The largest absolute Gasteiger partial charge is 0.507 e. The highest BCUT2D eigenvalue weighted by molar-refractivity contribution is 5.88. The molecule has 0 amide bonds. The lowest BCUT2D eigenvalue weighted by Crippen LogP contribution is -2.61. The van der Waals surface area contributed by atoms with Crippen LogP contribution in [0.25, 0.3) is 22.2 Å². The molecule has 31 heavy (non-hydrogen) atoms. The van der Waals surface area contributed by atoms with Crippen LogP contribution >= 0.6 is 0 Å². The quantitative estimate of drug-likeness (QED) is 0.651. The van der Waals surface area contributed by atoms with Gasteiger partial charge >= 0.3 is 0 Å². The molecule has 3 aromatic rings. The van der Waals surface area contributed by atoms with Crippen molar-refractivity contribution in [2.24, 2.45) is 7.05 Å². The molecule has 5 rings (SSSR count). The number of hydrogen-bond donors (Lipinski definition) is 2. The van der Waals surface area contributed by atoms with Gasteiger partial charge in [-0.3, -0.25) is 4.79 Å². The molecule has 0 saturated carbocycles. The van der Waals surface area contributed by atoms with Crippen molar-refractivity contribution in [1.82, 2.24) is 30.3 Å². The molecule has 10 heteroatoms. The van der Waals surface area contributed by atoms with Crippen LogP contribution in [-0.4, -0.2) is 61.4 Å². The highest BCUT2D eigenvalue weighted by Gasteiger charge is 2.42. The molecule has 0 spiro atoms. The highest BCUT2D eigenvalue weighted by atomic mass is 19.1. The second kappa shape index (κ2) is 7.52. The summed E-state index contributed by atoms with van der Waals surface area (Å²) in [6, 6.07) is 2.94. The molecule has 2 aromatic heterocycles. The molecule has 2 saturated heterocycles. The van der Waals surface area contributed by atoms with Crippen molar-refractivity contribution in [1.29, 1.82) is 0 Å². The third kappa shape index (κ3) is 3.40. The third-order valence-electron chi connectivity index (χ3n) is 6.51. The SMILES string of the molecule is CN(c1cnc(-c2cc3cnn(C)c(=O)c3cc2O)nn1)[C@@H]1CC2CCCC(N2)[C@@H]1F. The van der Waals surface area contributed by atoms with E-state index >= 15 is 4.39 Å². The molecule has 2 aliphatic heterocycles. The molecule has 9 nitrogen and oxygen atoms in total. The van der Waals surface area contributed by atoms with E-state index in [2.05, 4.69) is 25.6 Å². The lowest BCUT2D eigenvalue weighted by Gasteiger charge is -2.45. The average molecular weight is 425 g/mol. The molecule has 2 N–H and O–H groups in total. The first-order valence-corrected chi connectivity index (χ1v) is 10.4. The summed E-state index contributed by atoms with van der Waals surface area (Å²) in [5.74, 6) is 0.581. The van der Waals surface area contributed by atoms with Crippen molar-refractivity contribution in [3.05, 3.63) is 34.9 Å². The molecular weight excluding hydrogens is 401 g/mol. The fourth-order valence-corrected chi connectivity index (χ4v) is 4.73. The predicted octanol–water partition coefficient (Wildman–Crippen LogP) is 1.55. The lowest BCUT2D eigenvalue weighted by molar-refractivity contribution is 0.107. The number of benzene rings is 1. The van der Waals surface area contributed by atoms with Crippen molar-refractivity contribution >= 4 is 16.6 Å². The molecule has 2 aliphatic rings. The van der Waals surface area contributed by atoms with Crippen LogP contribution in [-0.2, 0) is 7.05 Å². The molecule has 2 unspecified atom stereocenters. The number of piperidine rings is 2. The van der Waals surface area contributed by atoms with Gasteiger partial charge in [0.05, 0.1) is 29.4 Å². The Labute approximate surface area is 177 Å². The van der Waals surface area contributed by atoms with Gasteiger partial charge in [0, 0.05) is 31.6 Å². The minimum atomic E-state index is -0.984. The van der Waals surface area contributed by atoms with Crippen molar-refractivity contribution < 1.29 is 9.50 Å². The zero-order valence-electron chi connectivity index (χ0n) is 17.4. The van der Waals surface area contributed by atoms with Crippen LogP contribution in [0.5, 0.6) is 5.75 Å². The molecule has 4 atom stereocenters. The minimum Gasteiger partial charge on any atom is -0.507 e. The van der Waals surface area contributed by atoms with Gasteiger partial charge in [-0.25, -0.2) is 14.1 Å². The van der Waals surface area contributed by atoms with Gasteiger partial charge in [-0.1, -0.05) is 6.42 Å². The summed E-state index contributed by atoms with van der Waals surface area (Å²) in [7, 11) is 3.37. The maximum absolute atomic E-state index is 15.0. The van der Waals surface area contributed by atoms with Crippen LogP contribution < -0.4 is 15.8 Å². The zero-order valence-corrected chi connectivity index (χ0v) is 17.4. The Morgan fingerprint density at radius 1 is 1.26 bits per heavy atom. The first-order valence-electron chi connectivity index (χ1n) is 10.4. The van der Waals surface area contributed by atoms with Crippen molar-refractivity contribution in [3.8, 4) is 17.1 Å². The number of nitrogens with one attached hydrogen (secondary N) is 1. The number of hydrogen-bond acceptors (Lipinski definition) is 8. The third-order valence-corrected chi connectivity index (χ3v) is 6.51. The summed E-state index contributed by atoms with van der Waals surface area (Å²) in [5, 5.41) is 27.2. The van der Waals surface area contributed by atoms with Crippen molar-refractivity contribution in [2.45, 2.75) is 50.0 Å². The Morgan fingerprint density at radius 2 is 2.10 bits per heavy atom. The number of aromatic hydroxyl groups is 1. The van der Waals surface area contributed by atoms with E-state index in [0.29, 0.717) is 34.6 Å². The van der Waals surface area contributed by atoms with Gasteiger partial charge in [-0.05, 0) is 31.4 Å². The fourth-order valence-electron chi connectivity index (χ4n) is 4.73. The maximum atomic E-state index is 15.0. The Bertz CT molecular complexity index is 1180. The number of anilines is 1. The molecule has 0 aliphatic carbocycles. The number of aromatic nitrogens is 5. The van der Waals surface area contributed by atoms with E-state index in [1.165, 1.54) is 10.7 Å². The number of fused-ring (bicyclic) bond motifs is 3. The highest BCUT2D eigenvalue weighted by Crippen LogP contribution is 2.33. The zero-order chi connectivity index (χ0) is 21.7. The molecule has 2 fully saturated rings. The van der Waals surface area contributed by atoms with Gasteiger partial charge in [0.1, 0.15) is 11.9 Å². The average Bonchev–Trinajstić information content (AvgIpc) is 2.79. The molecule has 162 valence electrons. The number of aryl methyl sites for hydroxylation is 1. The Kier molecular flexibility index (Phi) is 4.81. The Morgan fingerprint density at radius 3 is 2.87 bits per heavy atom. The lowest BCUT2D eigenvalue weighted by atomic mass is 9.82. The van der Waals surface area contributed by atoms with E-state index in [4.69, 9.17) is 0 Å². The number of nitrogens with zero attached hydrogens (tertiary/aromatic N) is 6. The van der Waals surface area contributed by atoms with Gasteiger partial charge in [-0.15, -0.1) is 10.2 Å². The maximum Gasteiger partial charge on any atom is 0.274 e. The monoisotopic (exact) mass is 425 g/mol. The first kappa shape index (κ1) is 19.8. The summed E-state index contributed by atoms with van der Waals surface area (Å²) in [6.07, 6.45) is 5.79. The molecule has 1 aromatic carbocycles. The minimum absolute atomic E-state index is 0.115. The number of alkyl halides is 1. The van der Waals surface area contributed by atoms with Crippen LogP contribution in [0.15, 0.2) is 29.3 Å². The van der Waals surface area contributed by atoms with Crippen molar-refractivity contribution in [3.63, 3.8) is 0 Å². The second-order valence-electron chi connectivity index (χ2n) is 8.43. The number of phenols is 1. The molecule has 4 heterocycles. The Balaban J connectivity index is 1.43. The summed E-state index contributed by atoms with van der Waals surface area (Å²) in [4.78, 5) is 18.4. The fraction of sp³-hybridized carbons (Fsp3) is 0.476. The molecule has 0 radical (unpaired) electrons. The predicted molar refractivity (Wildman–Crippen MR) is 114 cm³/mol. The van der Waals surface area contributed by atoms with Gasteiger partial charge in [0.15, 0.2) is 11.6 Å². The second-order valence-corrected chi connectivity index (χ2v) is 8.43. The normalized spacial score (nSPS) is 25.5. The van der Waals surface area contributed by atoms with Crippen LogP contribution in [0.4, 0.5) is 10.2 Å². The van der Waals surface area contributed by atoms with E-state index in [1.54, 1.807) is 25.5 Å². The summed E-state index contributed by atoms with van der Waals surface area (Å²) in [6.45, 7) is 0. The van der Waals surface area contributed by atoms with E-state index in [1.807, 2.05) is 11.9 Å². The van der Waals surface area contributed by atoms with Gasteiger partial charge in [-0.2, -0.15) is 5.10 Å². The van der Waals surface area contributed by atoms with E-state index in [-0.39, 0.29) is 29.2 Å². The summed E-state index contributed by atoms with van der Waals surface area (Å²) >= 11 is 0. The van der Waals surface area contributed by atoms with E-state index in [9.17, 15) is 9.90 Å². The van der Waals surface area contributed by atoms with Crippen LogP contribution in [0.1, 0.15) is 25.7 Å². The van der Waals surface area contributed by atoms with Crippen molar-refractivity contribution in [2.75, 3.05) is 11.9 Å². The van der Waals surface area contributed by atoms with Crippen LogP contribution in [0.2, 0.25) is 0 Å². The molecular formula is C21H24FN7O2. The van der Waals surface area contributed by atoms with Gasteiger partial charge in [0.25, 0.3) is 5.56 Å². The van der Waals surface area contributed by atoms with Gasteiger partial charge in [0.2, 0.25) is 0 Å². The van der Waals surface area contributed by atoms with E-state index in [0.717, 1.165) is 19.3 Å². The Hall–Kier alpha value is -3.14. The standard InChI is InChI=1S/C21H24FN7O2/c1-28(16-7-12-4-3-5-15(25-12)19(16)22)18-10-23-20(27-26-18)14-6-11-9-24-29(2)21(31)13(11)8-17(14)30/h6,8-10,12,15-16,19,25,30H,3-5,7H2,1-2H3/t12?,15?,16-,19+/m1/s1. The number of phenolic OH excluding ortho intramolecular Hbond substituents is 1. The summed E-state index contributed by atoms with van der Waals surface area (Å²) in [5.41, 5.74) is 0.0481. The van der Waals surface area contributed by atoms with Crippen LogP contribution in [0, 0.1) is 0 Å². The first-order chi connectivity index (χ1) is 14.9. The number of rotatable bonds is 3.